The minimum absolute atomic E-state index is 0.194. The molecule has 0 aliphatic heterocycles. The highest BCUT2D eigenvalue weighted by Crippen LogP contribution is 2.23. The Labute approximate surface area is 431 Å². The second-order valence-electron chi connectivity index (χ2n) is 16.4. The van der Waals surface area contributed by atoms with Crippen molar-refractivity contribution in [1.82, 2.24) is 46.9 Å². The van der Waals surface area contributed by atoms with E-state index in [9.17, 15) is 28.8 Å². The Morgan fingerprint density at radius 1 is 0.405 bits per heavy atom. The van der Waals surface area contributed by atoms with Crippen LogP contribution in [-0.4, -0.2) is 98.5 Å². The molecule has 0 spiro atoms. The van der Waals surface area contributed by atoms with Gasteiger partial charge in [0.15, 0.2) is 0 Å². The minimum Gasteiger partial charge on any atom is -0.497 e. The number of carbonyl (C=O) groups excluding carboxylic acids is 6. The van der Waals surface area contributed by atoms with E-state index in [0.717, 1.165) is 50.5 Å². The molecule has 6 rings (SSSR count). The number of amides is 6. The van der Waals surface area contributed by atoms with Crippen molar-refractivity contribution < 1.29 is 47.7 Å². The standard InChI is InChI=1S/C19H23N3O3.C18H21N3O4.C18H21N3O3/c1-13-4-6-15(17(10-13)25-3)12-22-19(24)18(23)20-9-8-16-7-5-14(2)11-21-16;1-24-15-9-13(10-16(11-15)25-2)12-21-18(23)17(22)20-8-6-14-5-3-4-7-19-14;1-13-6-7-14(16(11-13)24-2)12-21-18(23)17(22)20-10-8-15-5-3-4-9-19-15/h4-7,10-11H,8-9,12H2,1-3H3,(H,20,23)(H,22,24);3-5,7,9-11H,6,8,12H2,1-2H3,(H,20,22)(H,21,23);3-7,9,11H,8,10,12H2,1-2H3,(H,20,22)(H,21,23). The molecule has 0 unspecified atom stereocenters. The number of rotatable bonds is 19. The number of hydrogen-bond donors (Lipinski definition) is 6. The highest BCUT2D eigenvalue weighted by molar-refractivity contribution is 6.35. The predicted octanol–water partition coefficient (Wildman–Crippen LogP) is 4.13. The van der Waals surface area contributed by atoms with Crippen LogP contribution in [0, 0.1) is 20.8 Å². The van der Waals surface area contributed by atoms with Crippen molar-refractivity contribution in [1.29, 1.82) is 0 Å². The Hall–Kier alpha value is -8.87. The smallest absolute Gasteiger partial charge is 0.309 e. The van der Waals surface area contributed by atoms with Crippen molar-refractivity contribution in [3.8, 4) is 23.0 Å². The molecule has 0 fully saturated rings. The fourth-order valence-electron chi connectivity index (χ4n) is 6.63. The van der Waals surface area contributed by atoms with Gasteiger partial charge in [0, 0.05) is 111 Å². The number of carbonyl (C=O) groups is 6. The van der Waals surface area contributed by atoms with Gasteiger partial charge in [-0.2, -0.15) is 0 Å². The first-order valence-corrected chi connectivity index (χ1v) is 23.6. The first kappa shape index (κ1) is 57.7. The SMILES string of the molecule is COc1cc(C)ccc1CNC(=O)C(=O)NCCc1ccc(C)cn1.COc1cc(C)ccc1CNC(=O)C(=O)NCCc1ccccn1.COc1cc(CNC(=O)C(=O)NCCc2ccccn2)cc(OC)c1. The summed E-state index contributed by atoms with van der Waals surface area (Å²) in [6, 6.07) is 31.6. The first-order valence-electron chi connectivity index (χ1n) is 23.6. The molecule has 6 N–H and O–H groups in total. The van der Waals surface area contributed by atoms with Crippen LogP contribution in [0.15, 0.2) is 122 Å². The number of benzene rings is 3. The summed E-state index contributed by atoms with van der Waals surface area (Å²) in [6.07, 6.45) is 6.87. The highest BCUT2D eigenvalue weighted by atomic mass is 16.5. The molecule has 3 heterocycles. The molecule has 6 aromatic rings. The molecular weight excluding hydrogens is 947 g/mol. The van der Waals surface area contributed by atoms with Crippen molar-refractivity contribution >= 4 is 35.4 Å². The summed E-state index contributed by atoms with van der Waals surface area (Å²) in [4.78, 5) is 83.6. The maximum atomic E-state index is 11.9. The van der Waals surface area contributed by atoms with Crippen LogP contribution in [-0.2, 0) is 67.7 Å². The summed E-state index contributed by atoms with van der Waals surface area (Å²) in [5.41, 5.74) is 8.20. The first-order chi connectivity index (χ1) is 35.7. The molecule has 0 bridgehead atoms. The lowest BCUT2D eigenvalue weighted by molar-refractivity contribution is -0.139. The van der Waals surface area contributed by atoms with Gasteiger partial charge in [-0.15, -0.1) is 0 Å². The molecule has 6 amide bonds. The van der Waals surface area contributed by atoms with E-state index in [4.69, 9.17) is 18.9 Å². The minimum atomic E-state index is -0.692. The fourth-order valence-corrected chi connectivity index (χ4v) is 6.63. The molecule has 0 saturated heterocycles. The largest absolute Gasteiger partial charge is 0.497 e. The van der Waals surface area contributed by atoms with Gasteiger partial charge in [0.1, 0.15) is 23.0 Å². The fraction of sp³-hybridized carbons (Fsp3) is 0.291. The van der Waals surface area contributed by atoms with Gasteiger partial charge < -0.3 is 50.8 Å². The van der Waals surface area contributed by atoms with E-state index in [0.29, 0.717) is 61.9 Å². The average molecular weight is 1010 g/mol. The zero-order valence-electron chi connectivity index (χ0n) is 42.8. The molecule has 0 saturated carbocycles. The van der Waals surface area contributed by atoms with Gasteiger partial charge in [-0.05, 0) is 97.6 Å². The molecule has 3 aromatic heterocycles. The molecule has 19 nitrogen and oxygen atoms in total. The predicted molar refractivity (Wildman–Crippen MR) is 278 cm³/mol. The molecule has 0 radical (unpaired) electrons. The average Bonchev–Trinajstić information content (AvgIpc) is 3.42. The van der Waals surface area contributed by atoms with Crippen LogP contribution >= 0.6 is 0 Å². The van der Waals surface area contributed by atoms with E-state index in [-0.39, 0.29) is 19.6 Å². The topological polar surface area (TPSA) is 250 Å². The lowest BCUT2D eigenvalue weighted by Crippen LogP contribution is -2.40. The number of aromatic nitrogens is 3. The third-order valence-corrected chi connectivity index (χ3v) is 10.7. The summed E-state index contributed by atoms with van der Waals surface area (Å²) >= 11 is 0. The number of hydrogen-bond acceptors (Lipinski definition) is 13. The number of ether oxygens (including phenoxy) is 4. The number of aryl methyl sites for hydroxylation is 3. The number of nitrogens with zero attached hydrogens (tertiary/aromatic N) is 3. The van der Waals surface area contributed by atoms with Gasteiger partial charge in [0.2, 0.25) is 0 Å². The van der Waals surface area contributed by atoms with Crippen molar-refractivity contribution in [3.05, 3.63) is 172 Å². The van der Waals surface area contributed by atoms with Crippen LogP contribution in [0.25, 0.3) is 0 Å². The van der Waals surface area contributed by atoms with E-state index in [1.165, 1.54) is 0 Å². The summed E-state index contributed by atoms with van der Waals surface area (Å²) in [6.45, 7) is 7.60. The normalized spacial score (nSPS) is 10.1. The number of nitrogens with one attached hydrogen (secondary N) is 6. The summed E-state index contributed by atoms with van der Waals surface area (Å²) in [5.74, 6) is -1.41. The molecular formula is C55H65N9O10. The molecule has 74 heavy (non-hydrogen) atoms. The summed E-state index contributed by atoms with van der Waals surface area (Å²) in [5, 5.41) is 15.5. The second kappa shape index (κ2) is 31.5. The second-order valence-corrected chi connectivity index (χ2v) is 16.4. The number of methoxy groups -OCH3 is 4. The molecule has 0 aliphatic carbocycles. The lowest BCUT2D eigenvalue weighted by Gasteiger charge is -2.10. The van der Waals surface area contributed by atoms with E-state index >= 15 is 0 Å². The van der Waals surface area contributed by atoms with Crippen LogP contribution < -0.4 is 50.8 Å². The van der Waals surface area contributed by atoms with Crippen molar-refractivity contribution in [2.45, 2.75) is 59.7 Å². The van der Waals surface area contributed by atoms with Crippen molar-refractivity contribution in [2.24, 2.45) is 0 Å². The zero-order valence-corrected chi connectivity index (χ0v) is 42.8. The molecule has 390 valence electrons. The Kier molecular flexibility index (Phi) is 24.5. The lowest BCUT2D eigenvalue weighted by atomic mass is 10.1. The monoisotopic (exact) mass is 1010 g/mol. The van der Waals surface area contributed by atoms with Crippen LogP contribution in [0.2, 0.25) is 0 Å². The molecule has 19 heteroatoms. The Morgan fingerprint density at radius 3 is 1.16 bits per heavy atom. The van der Waals surface area contributed by atoms with E-state index in [2.05, 4.69) is 46.9 Å². The third kappa shape index (κ3) is 20.8. The van der Waals surface area contributed by atoms with Crippen molar-refractivity contribution in [3.63, 3.8) is 0 Å². The van der Waals surface area contributed by atoms with Gasteiger partial charge >= 0.3 is 35.4 Å². The van der Waals surface area contributed by atoms with Gasteiger partial charge in [0.25, 0.3) is 0 Å². The molecule has 0 atom stereocenters. The Morgan fingerprint density at radius 2 is 0.797 bits per heavy atom. The molecule has 0 aliphatic rings. The Balaban J connectivity index is 0.000000240. The van der Waals surface area contributed by atoms with Gasteiger partial charge in [-0.25, -0.2) is 0 Å². The van der Waals surface area contributed by atoms with Crippen LogP contribution in [0.4, 0.5) is 0 Å². The maximum absolute atomic E-state index is 11.9. The third-order valence-electron chi connectivity index (χ3n) is 10.7. The maximum Gasteiger partial charge on any atom is 0.309 e. The number of pyridine rings is 3. The summed E-state index contributed by atoms with van der Waals surface area (Å²) in [7, 11) is 6.24. The van der Waals surface area contributed by atoms with E-state index < -0.39 is 35.4 Å². The van der Waals surface area contributed by atoms with Crippen molar-refractivity contribution in [2.75, 3.05) is 48.1 Å². The van der Waals surface area contributed by atoms with Gasteiger partial charge in [-0.1, -0.05) is 42.5 Å². The van der Waals surface area contributed by atoms with Gasteiger partial charge in [-0.3, -0.25) is 43.7 Å². The highest BCUT2D eigenvalue weighted by Gasteiger charge is 2.16. The van der Waals surface area contributed by atoms with Gasteiger partial charge in [0.05, 0.1) is 28.4 Å². The van der Waals surface area contributed by atoms with E-state index in [1.54, 1.807) is 65.2 Å². The van der Waals surface area contributed by atoms with Crippen LogP contribution in [0.5, 0.6) is 23.0 Å². The van der Waals surface area contributed by atoms with E-state index in [1.807, 2.05) is 106 Å². The Bertz CT molecular complexity index is 2740. The summed E-state index contributed by atoms with van der Waals surface area (Å²) < 4.78 is 20.9. The van der Waals surface area contributed by atoms with Crippen LogP contribution in [0.3, 0.4) is 0 Å². The quantitative estimate of drug-likeness (QED) is 0.0626. The molecule has 3 aromatic carbocycles. The van der Waals surface area contributed by atoms with Crippen LogP contribution in [0.1, 0.15) is 50.5 Å². The zero-order chi connectivity index (χ0) is 53.7.